The number of hydrogen-bond acceptors (Lipinski definition) is 4. The van der Waals surface area contributed by atoms with Crippen LogP contribution in [0.3, 0.4) is 0 Å². The molecule has 0 aliphatic rings. The number of phenols is 1. The molecule has 0 spiro atoms. The second kappa shape index (κ2) is 3.86. The quantitative estimate of drug-likeness (QED) is 0.663. The standard InChI is InChI=1S/C11H11NO4/c1-16-11(15)10(14)9-5-6-4-7(13)2-3-8(6)12-9/h2-5,10,12-14H,1H3. The van der Waals surface area contributed by atoms with Gasteiger partial charge in [-0.3, -0.25) is 0 Å². The third-order valence-electron chi connectivity index (χ3n) is 2.34. The van der Waals surface area contributed by atoms with Crippen LogP contribution < -0.4 is 0 Å². The lowest BCUT2D eigenvalue weighted by molar-refractivity contribution is -0.150. The fourth-order valence-electron chi connectivity index (χ4n) is 1.53. The number of ether oxygens (including phenoxy) is 1. The van der Waals surface area contributed by atoms with E-state index in [1.807, 2.05) is 0 Å². The van der Waals surface area contributed by atoms with Crippen molar-refractivity contribution in [3.63, 3.8) is 0 Å². The van der Waals surface area contributed by atoms with Crippen LogP contribution in [0.1, 0.15) is 11.8 Å². The summed E-state index contributed by atoms with van der Waals surface area (Å²) in [5, 5.41) is 19.6. The van der Waals surface area contributed by atoms with Gasteiger partial charge in [0, 0.05) is 10.9 Å². The van der Waals surface area contributed by atoms with Crippen LogP contribution in [0.2, 0.25) is 0 Å². The summed E-state index contributed by atoms with van der Waals surface area (Å²) in [6.45, 7) is 0. The number of aromatic nitrogens is 1. The molecule has 0 bridgehead atoms. The number of carbonyl (C=O) groups is 1. The molecule has 0 fully saturated rings. The Bertz CT molecular complexity index is 532. The van der Waals surface area contributed by atoms with Gasteiger partial charge in [-0.05, 0) is 24.3 Å². The molecule has 0 radical (unpaired) electrons. The summed E-state index contributed by atoms with van der Waals surface area (Å²) >= 11 is 0. The van der Waals surface area contributed by atoms with Crippen LogP contribution in [0.4, 0.5) is 0 Å². The van der Waals surface area contributed by atoms with E-state index in [-0.39, 0.29) is 5.75 Å². The minimum Gasteiger partial charge on any atom is -0.508 e. The number of carbonyl (C=O) groups excluding carboxylic acids is 1. The highest BCUT2D eigenvalue weighted by molar-refractivity contribution is 5.84. The Hall–Kier alpha value is -2.01. The average Bonchev–Trinajstić information content (AvgIpc) is 2.69. The first kappa shape index (κ1) is 10.5. The van der Waals surface area contributed by atoms with Gasteiger partial charge in [0.1, 0.15) is 5.75 Å². The van der Waals surface area contributed by atoms with Crippen LogP contribution in [-0.2, 0) is 9.53 Å². The van der Waals surface area contributed by atoms with Gasteiger partial charge in [0.05, 0.1) is 12.8 Å². The van der Waals surface area contributed by atoms with E-state index < -0.39 is 12.1 Å². The Kier molecular flexibility index (Phi) is 2.54. The van der Waals surface area contributed by atoms with E-state index in [1.165, 1.54) is 13.2 Å². The average molecular weight is 221 g/mol. The zero-order chi connectivity index (χ0) is 11.7. The second-order valence-corrected chi connectivity index (χ2v) is 3.42. The molecule has 5 nitrogen and oxygen atoms in total. The van der Waals surface area contributed by atoms with Crippen molar-refractivity contribution in [2.24, 2.45) is 0 Å². The normalized spacial score (nSPS) is 12.6. The summed E-state index contributed by atoms with van der Waals surface area (Å²) < 4.78 is 4.43. The fourth-order valence-corrected chi connectivity index (χ4v) is 1.53. The van der Waals surface area contributed by atoms with E-state index in [1.54, 1.807) is 18.2 Å². The number of fused-ring (bicyclic) bond motifs is 1. The van der Waals surface area contributed by atoms with Crippen molar-refractivity contribution < 1.29 is 19.7 Å². The number of aromatic hydroxyl groups is 1. The van der Waals surface area contributed by atoms with E-state index >= 15 is 0 Å². The molecule has 2 rings (SSSR count). The molecular weight excluding hydrogens is 210 g/mol. The monoisotopic (exact) mass is 221 g/mol. The number of methoxy groups -OCH3 is 1. The van der Waals surface area contributed by atoms with Crippen LogP contribution in [0.5, 0.6) is 5.75 Å². The van der Waals surface area contributed by atoms with Crippen molar-refractivity contribution in [1.29, 1.82) is 0 Å². The molecule has 3 N–H and O–H groups in total. The third-order valence-corrected chi connectivity index (χ3v) is 2.34. The highest BCUT2D eigenvalue weighted by Crippen LogP contribution is 2.23. The van der Waals surface area contributed by atoms with Gasteiger partial charge in [0.25, 0.3) is 0 Å². The number of aromatic amines is 1. The lowest BCUT2D eigenvalue weighted by Crippen LogP contribution is -2.13. The Morgan fingerprint density at radius 1 is 1.44 bits per heavy atom. The molecule has 1 atom stereocenters. The minimum absolute atomic E-state index is 0.130. The molecule has 16 heavy (non-hydrogen) atoms. The Morgan fingerprint density at radius 3 is 2.88 bits per heavy atom. The Labute approximate surface area is 91.3 Å². The lowest BCUT2D eigenvalue weighted by atomic mass is 10.2. The highest BCUT2D eigenvalue weighted by atomic mass is 16.5. The van der Waals surface area contributed by atoms with Crippen LogP contribution in [0.15, 0.2) is 24.3 Å². The summed E-state index contributed by atoms with van der Waals surface area (Å²) in [6.07, 6.45) is -1.33. The van der Waals surface area contributed by atoms with Crippen molar-refractivity contribution >= 4 is 16.9 Å². The number of aliphatic hydroxyl groups is 1. The zero-order valence-corrected chi connectivity index (χ0v) is 8.60. The van der Waals surface area contributed by atoms with Gasteiger partial charge in [-0.25, -0.2) is 4.79 Å². The van der Waals surface area contributed by atoms with Crippen molar-refractivity contribution in [2.45, 2.75) is 6.10 Å². The molecule has 0 aliphatic carbocycles. The predicted octanol–water partition coefficient (Wildman–Crippen LogP) is 1.08. The first-order valence-corrected chi connectivity index (χ1v) is 4.69. The molecule has 2 aromatic rings. The smallest absolute Gasteiger partial charge is 0.340 e. The Balaban J connectivity index is 2.43. The summed E-state index contributed by atoms with van der Waals surface area (Å²) in [7, 11) is 1.21. The largest absolute Gasteiger partial charge is 0.508 e. The molecule has 1 unspecified atom stereocenters. The molecule has 0 amide bonds. The number of hydrogen-bond donors (Lipinski definition) is 3. The number of nitrogens with one attached hydrogen (secondary N) is 1. The molecule has 0 aliphatic heterocycles. The van der Waals surface area contributed by atoms with Gasteiger partial charge in [0.15, 0.2) is 6.10 Å². The SMILES string of the molecule is COC(=O)C(O)c1cc2cc(O)ccc2[nH]1. The summed E-state index contributed by atoms with van der Waals surface area (Å²) in [5.74, 6) is -0.596. The highest BCUT2D eigenvalue weighted by Gasteiger charge is 2.19. The van der Waals surface area contributed by atoms with Gasteiger partial charge >= 0.3 is 5.97 Å². The maximum absolute atomic E-state index is 11.1. The lowest BCUT2D eigenvalue weighted by Gasteiger charge is -2.04. The number of rotatable bonds is 2. The van der Waals surface area contributed by atoms with Gasteiger partial charge in [0.2, 0.25) is 0 Å². The maximum atomic E-state index is 11.1. The molecule has 5 heteroatoms. The topological polar surface area (TPSA) is 82.6 Å². The van der Waals surface area contributed by atoms with Crippen LogP contribution >= 0.6 is 0 Å². The summed E-state index contributed by atoms with van der Waals surface area (Å²) in [6, 6.07) is 6.32. The summed E-state index contributed by atoms with van der Waals surface area (Å²) in [4.78, 5) is 14.0. The molecule has 84 valence electrons. The summed E-state index contributed by atoms with van der Waals surface area (Å²) in [5.41, 5.74) is 1.07. The van der Waals surface area contributed by atoms with Crippen molar-refractivity contribution in [1.82, 2.24) is 4.98 Å². The fraction of sp³-hybridized carbons (Fsp3) is 0.182. The molecule has 1 aromatic heterocycles. The van der Waals surface area contributed by atoms with Crippen molar-refractivity contribution in [3.05, 3.63) is 30.0 Å². The second-order valence-electron chi connectivity index (χ2n) is 3.42. The third kappa shape index (κ3) is 1.72. The molecule has 0 saturated heterocycles. The van der Waals surface area contributed by atoms with E-state index in [9.17, 15) is 15.0 Å². The van der Waals surface area contributed by atoms with Gasteiger partial charge in [-0.1, -0.05) is 0 Å². The van der Waals surface area contributed by atoms with E-state index in [2.05, 4.69) is 9.72 Å². The van der Waals surface area contributed by atoms with Gasteiger partial charge in [-0.2, -0.15) is 0 Å². The predicted molar refractivity (Wildman–Crippen MR) is 56.9 cm³/mol. The van der Waals surface area contributed by atoms with Crippen LogP contribution in [0, 0.1) is 0 Å². The number of esters is 1. The van der Waals surface area contributed by atoms with E-state index in [0.29, 0.717) is 5.69 Å². The van der Waals surface area contributed by atoms with E-state index in [4.69, 9.17) is 0 Å². The zero-order valence-electron chi connectivity index (χ0n) is 8.60. The van der Waals surface area contributed by atoms with Crippen molar-refractivity contribution in [2.75, 3.05) is 7.11 Å². The Morgan fingerprint density at radius 2 is 2.19 bits per heavy atom. The number of H-pyrrole nitrogens is 1. The van der Waals surface area contributed by atoms with Gasteiger partial charge < -0.3 is 19.9 Å². The molecular formula is C11H11NO4. The van der Waals surface area contributed by atoms with Crippen LogP contribution in [0.25, 0.3) is 10.9 Å². The maximum Gasteiger partial charge on any atom is 0.340 e. The van der Waals surface area contributed by atoms with Crippen LogP contribution in [-0.4, -0.2) is 28.3 Å². The first-order valence-electron chi connectivity index (χ1n) is 4.69. The molecule has 1 aromatic carbocycles. The van der Waals surface area contributed by atoms with E-state index in [0.717, 1.165) is 10.9 Å². The number of phenolic OH excluding ortho intramolecular Hbond substituents is 1. The molecule has 0 saturated carbocycles. The van der Waals surface area contributed by atoms with Crippen molar-refractivity contribution in [3.8, 4) is 5.75 Å². The molecule has 1 heterocycles. The minimum atomic E-state index is -1.33. The number of benzene rings is 1. The number of aliphatic hydroxyl groups excluding tert-OH is 1. The first-order chi connectivity index (χ1) is 7.61. The van der Waals surface area contributed by atoms with Gasteiger partial charge in [-0.15, -0.1) is 0 Å².